The zero-order valence-electron chi connectivity index (χ0n) is 12.2. The molecule has 0 aliphatic carbocycles. The molecule has 2 heterocycles. The van der Waals surface area contributed by atoms with Crippen LogP contribution in [-0.4, -0.2) is 30.6 Å². The van der Waals surface area contributed by atoms with Gasteiger partial charge in [-0.15, -0.1) is 0 Å². The van der Waals surface area contributed by atoms with Gasteiger partial charge in [-0.2, -0.15) is 0 Å². The normalized spacial score (nSPS) is 14.8. The van der Waals surface area contributed by atoms with E-state index in [0.717, 1.165) is 24.3 Å². The molecule has 110 valence electrons. The molecule has 0 bridgehead atoms. The van der Waals surface area contributed by atoms with Gasteiger partial charge in [0.15, 0.2) is 0 Å². The van der Waals surface area contributed by atoms with Crippen LogP contribution >= 0.6 is 11.6 Å². The first kappa shape index (κ1) is 14.0. The average molecular weight is 304 g/mol. The molecule has 0 spiro atoms. The van der Waals surface area contributed by atoms with E-state index in [9.17, 15) is 4.79 Å². The van der Waals surface area contributed by atoms with E-state index in [2.05, 4.69) is 18.0 Å². The zero-order chi connectivity index (χ0) is 15.0. The third-order valence-corrected chi connectivity index (χ3v) is 4.10. The Morgan fingerprint density at radius 1 is 1.14 bits per heavy atom. The summed E-state index contributed by atoms with van der Waals surface area (Å²) >= 11 is 6.00. The molecule has 1 aliphatic heterocycles. The molecule has 1 aromatic carbocycles. The molecule has 21 heavy (non-hydrogen) atoms. The molecule has 1 aromatic heterocycles. The molecular formula is C16H18ClN3O. The van der Waals surface area contributed by atoms with Crippen molar-refractivity contribution in [3.05, 3.63) is 47.2 Å². The van der Waals surface area contributed by atoms with Gasteiger partial charge in [0.25, 0.3) is 5.91 Å². The van der Waals surface area contributed by atoms with Crippen LogP contribution in [0.25, 0.3) is 0 Å². The van der Waals surface area contributed by atoms with Gasteiger partial charge in [0.05, 0.1) is 16.4 Å². The molecule has 1 amide bonds. The fraction of sp³-hybridized carbons (Fsp3) is 0.312. The van der Waals surface area contributed by atoms with Gasteiger partial charge in [-0.05, 0) is 24.6 Å². The monoisotopic (exact) mass is 303 g/mol. The Balaban J connectivity index is 2.04. The lowest BCUT2D eigenvalue weighted by Gasteiger charge is -2.24. The summed E-state index contributed by atoms with van der Waals surface area (Å²) < 4.78 is 1.78. The molecule has 3 rings (SSSR count). The van der Waals surface area contributed by atoms with Crippen molar-refractivity contribution in [3.8, 4) is 0 Å². The summed E-state index contributed by atoms with van der Waals surface area (Å²) in [5, 5.41) is 0.584. The van der Waals surface area contributed by atoms with E-state index >= 15 is 0 Å². The molecule has 0 unspecified atom stereocenters. The summed E-state index contributed by atoms with van der Waals surface area (Å²) in [7, 11) is 3.90. The van der Waals surface area contributed by atoms with Gasteiger partial charge in [0.2, 0.25) is 0 Å². The number of fused-ring (bicyclic) bond motifs is 1. The second-order valence-corrected chi connectivity index (χ2v) is 5.81. The first-order chi connectivity index (χ1) is 10.1. The first-order valence-corrected chi connectivity index (χ1v) is 7.39. The smallest absolute Gasteiger partial charge is 0.274 e. The van der Waals surface area contributed by atoms with E-state index in [1.165, 1.54) is 0 Å². The van der Waals surface area contributed by atoms with Gasteiger partial charge < -0.3 is 14.4 Å². The zero-order valence-corrected chi connectivity index (χ0v) is 13.0. The van der Waals surface area contributed by atoms with Crippen LogP contribution in [0.15, 0.2) is 36.5 Å². The highest BCUT2D eigenvalue weighted by Gasteiger charge is 2.25. The van der Waals surface area contributed by atoms with Gasteiger partial charge in [-0.25, -0.2) is 0 Å². The highest BCUT2D eigenvalue weighted by molar-refractivity contribution is 6.31. The third kappa shape index (κ3) is 2.51. The van der Waals surface area contributed by atoms with Gasteiger partial charge >= 0.3 is 0 Å². The summed E-state index contributed by atoms with van der Waals surface area (Å²) in [6.07, 6.45) is 2.69. The van der Waals surface area contributed by atoms with E-state index < -0.39 is 0 Å². The fourth-order valence-corrected chi connectivity index (χ4v) is 3.06. The number of hydrogen-bond donors (Lipinski definition) is 0. The van der Waals surface area contributed by atoms with Gasteiger partial charge in [-0.3, -0.25) is 4.79 Å². The number of amides is 1. The van der Waals surface area contributed by atoms with E-state index in [1.54, 1.807) is 16.8 Å². The maximum absolute atomic E-state index is 12.9. The number of hydrogen-bond acceptors (Lipinski definition) is 2. The van der Waals surface area contributed by atoms with Crippen molar-refractivity contribution >= 4 is 28.9 Å². The Kier molecular flexibility index (Phi) is 3.64. The van der Waals surface area contributed by atoms with Gasteiger partial charge in [0, 0.05) is 33.4 Å². The van der Waals surface area contributed by atoms with E-state index in [1.807, 2.05) is 30.1 Å². The number of nitrogens with zero attached hydrogens (tertiary/aromatic N) is 3. The molecule has 0 atom stereocenters. The van der Waals surface area contributed by atoms with Crippen LogP contribution in [0.1, 0.15) is 16.9 Å². The lowest BCUT2D eigenvalue weighted by atomic mass is 10.2. The minimum absolute atomic E-state index is 0.00727. The van der Waals surface area contributed by atoms with Crippen molar-refractivity contribution in [2.24, 2.45) is 7.05 Å². The van der Waals surface area contributed by atoms with Crippen molar-refractivity contribution in [1.82, 2.24) is 4.57 Å². The summed E-state index contributed by atoms with van der Waals surface area (Å²) in [6, 6.07) is 9.75. The number of para-hydroxylation sites is 2. The van der Waals surface area contributed by atoms with Crippen LogP contribution in [-0.2, 0) is 7.05 Å². The van der Waals surface area contributed by atoms with Crippen molar-refractivity contribution in [2.45, 2.75) is 6.42 Å². The van der Waals surface area contributed by atoms with Crippen molar-refractivity contribution < 1.29 is 4.79 Å². The number of anilines is 2. The molecule has 0 radical (unpaired) electrons. The molecule has 2 aromatic rings. The molecular weight excluding hydrogens is 286 g/mol. The lowest BCUT2D eigenvalue weighted by Crippen LogP contribution is -2.32. The maximum Gasteiger partial charge on any atom is 0.274 e. The molecule has 5 heteroatoms. The van der Waals surface area contributed by atoms with Crippen LogP contribution in [0.5, 0.6) is 0 Å². The number of carbonyl (C=O) groups is 1. The highest BCUT2D eigenvalue weighted by atomic mass is 35.5. The Hall–Kier alpha value is -1.94. The van der Waals surface area contributed by atoms with E-state index in [-0.39, 0.29) is 5.91 Å². The van der Waals surface area contributed by atoms with Crippen LogP contribution in [0.2, 0.25) is 5.02 Å². The van der Waals surface area contributed by atoms with Crippen LogP contribution in [0, 0.1) is 0 Å². The number of aromatic nitrogens is 1. The van der Waals surface area contributed by atoms with Crippen molar-refractivity contribution in [1.29, 1.82) is 0 Å². The number of carbonyl (C=O) groups excluding carboxylic acids is 1. The quantitative estimate of drug-likeness (QED) is 0.809. The standard InChI is InChI=1S/C16H18ClN3O/c1-18-8-5-9-20(14-7-4-3-6-13(14)18)16(21)15-10-12(17)11-19(15)2/h3-4,6-7,10-11H,5,8-9H2,1-2H3. The summed E-state index contributed by atoms with van der Waals surface area (Å²) in [6.45, 7) is 1.65. The minimum Gasteiger partial charge on any atom is -0.373 e. The Labute approximate surface area is 129 Å². The predicted octanol–water partition coefficient (Wildman–Crippen LogP) is 3.17. The molecule has 0 saturated carbocycles. The number of rotatable bonds is 1. The van der Waals surface area contributed by atoms with Gasteiger partial charge in [-0.1, -0.05) is 23.7 Å². The second-order valence-electron chi connectivity index (χ2n) is 5.38. The molecule has 0 fully saturated rings. The summed E-state index contributed by atoms with van der Waals surface area (Å²) in [4.78, 5) is 16.9. The number of halogens is 1. The van der Waals surface area contributed by atoms with E-state index in [4.69, 9.17) is 11.6 Å². The molecule has 1 aliphatic rings. The maximum atomic E-state index is 12.9. The van der Waals surface area contributed by atoms with Crippen molar-refractivity contribution in [3.63, 3.8) is 0 Å². The van der Waals surface area contributed by atoms with Crippen molar-refractivity contribution in [2.75, 3.05) is 29.9 Å². The third-order valence-electron chi connectivity index (χ3n) is 3.89. The highest BCUT2D eigenvalue weighted by Crippen LogP contribution is 2.32. The number of aryl methyl sites for hydroxylation is 1. The minimum atomic E-state index is -0.00727. The lowest BCUT2D eigenvalue weighted by molar-refractivity contribution is 0.0979. The van der Waals surface area contributed by atoms with Crippen LogP contribution in [0.4, 0.5) is 11.4 Å². The molecule has 4 nitrogen and oxygen atoms in total. The van der Waals surface area contributed by atoms with E-state index in [0.29, 0.717) is 17.3 Å². The van der Waals surface area contributed by atoms with Gasteiger partial charge in [0.1, 0.15) is 5.69 Å². The summed E-state index contributed by atoms with van der Waals surface area (Å²) in [5.74, 6) is -0.00727. The topological polar surface area (TPSA) is 28.5 Å². The average Bonchev–Trinajstić information content (AvgIpc) is 2.71. The SMILES string of the molecule is CN1CCCN(C(=O)c2cc(Cl)cn2C)c2ccccc21. The Bertz CT molecular complexity index is 680. The Morgan fingerprint density at radius 2 is 1.86 bits per heavy atom. The number of benzene rings is 1. The second kappa shape index (κ2) is 5.45. The summed E-state index contributed by atoms with van der Waals surface area (Å²) in [5.41, 5.74) is 2.66. The predicted molar refractivity (Wildman–Crippen MR) is 86.4 cm³/mol. The molecule has 0 N–H and O–H groups in total. The fourth-order valence-electron chi connectivity index (χ4n) is 2.81. The molecule has 0 saturated heterocycles. The Morgan fingerprint density at radius 3 is 2.52 bits per heavy atom. The first-order valence-electron chi connectivity index (χ1n) is 7.02. The largest absolute Gasteiger partial charge is 0.373 e. The van der Waals surface area contributed by atoms with Crippen LogP contribution < -0.4 is 9.80 Å². The van der Waals surface area contributed by atoms with Crippen LogP contribution in [0.3, 0.4) is 0 Å².